The van der Waals surface area contributed by atoms with Gasteiger partial charge in [0, 0.05) is 12.2 Å². The molecule has 1 amide bonds. The normalized spacial score (nSPS) is 16.0. The van der Waals surface area contributed by atoms with E-state index in [1.807, 2.05) is 24.3 Å². The zero-order valence-corrected chi connectivity index (χ0v) is 15.5. The summed E-state index contributed by atoms with van der Waals surface area (Å²) in [4.78, 5) is 12.2. The van der Waals surface area contributed by atoms with Gasteiger partial charge in [-0.05, 0) is 49.2 Å². The van der Waals surface area contributed by atoms with Gasteiger partial charge in [-0.2, -0.15) is 0 Å². The van der Waals surface area contributed by atoms with Crippen molar-refractivity contribution in [3.8, 4) is 17.2 Å². The van der Waals surface area contributed by atoms with Crippen LogP contribution < -0.4 is 19.5 Å². The van der Waals surface area contributed by atoms with E-state index in [0.717, 1.165) is 25.2 Å². The Kier molecular flexibility index (Phi) is 6.93. The molecule has 0 saturated carbocycles. The van der Waals surface area contributed by atoms with Gasteiger partial charge in [-0.1, -0.05) is 12.1 Å². The number of methoxy groups -OCH3 is 1. The molecule has 1 N–H and O–H groups in total. The fraction of sp³-hybridized carbons (Fsp3) is 0.381. The van der Waals surface area contributed by atoms with Gasteiger partial charge in [-0.3, -0.25) is 4.79 Å². The Morgan fingerprint density at radius 1 is 1.11 bits per heavy atom. The maximum atomic E-state index is 12.2. The van der Waals surface area contributed by atoms with Crippen LogP contribution in [-0.2, 0) is 4.74 Å². The van der Waals surface area contributed by atoms with E-state index in [1.165, 1.54) is 0 Å². The predicted molar refractivity (Wildman–Crippen MR) is 102 cm³/mol. The standard InChI is InChI=1S/C21H25NO5/c1-24-19-6-2-3-7-20(19)26-14-12-22-21(23)16-8-10-17(11-9-16)27-15-18-5-4-13-25-18/h2-3,6-11,18H,4-5,12-15H2,1H3,(H,22,23). The van der Waals surface area contributed by atoms with Crippen LogP contribution in [0.25, 0.3) is 0 Å². The van der Waals surface area contributed by atoms with Crippen LogP contribution in [0.5, 0.6) is 17.2 Å². The van der Waals surface area contributed by atoms with E-state index in [2.05, 4.69) is 5.32 Å². The molecule has 0 bridgehead atoms. The molecule has 0 aromatic heterocycles. The van der Waals surface area contributed by atoms with E-state index in [9.17, 15) is 4.79 Å². The van der Waals surface area contributed by atoms with Gasteiger partial charge in [-0.15, -0.1) is 0 Å². The summed E-state index contributed by atoms with van der Waals surface area (Å²) in [6, 6.07) is 14.5. The van der Waals surface area contributed by atoms with Crippen LogP contribution in [-0.4, -0.2) is 45.5 Å². The number of para-hydroxylation sites is 2. The van der Waals surface area contributed by atoms with Crippen LogP contribution in [0.15, 0.2) is 48.5 Å². The van der Waals surface area contributed by atoms with Crippen molar-refractivity contribution in [2.75, 3.05) is 33.5 Å². The lowest BCUT2D eigenvalue weighted by Crippen LogP contribution is -2.28. The SMILES string of the molecule is COc1ccccc1OCCNC(=O)c1ccc(OCC2CCCO2)cc1. The average Bonchev–Trinajstić information content (AvgIpc) is 3.24. The molecular weight excluding hydrogens is 346 g/mol. The summed E-state index contributed by atoms with van der Waals surface area (Å²) in [6.07, 6.45) is 2.31. The van der Waals surface area contributed by atoms with Crippen molar-refractivity contribution in [1.82, 2.24) is 5.32 Å². The second-order valence-electron chi connectivity index (χ2n) is 6.23. The van der Waals surface area contributed by atoms with E-state index in [4.69, 9.17) is 18.9 Å². The molecule has 144 valence electrons. The molecule has 1 aliphatic rings. The number of ether oxygens (including phenoxy) is 4. The van der Waals surface area contributed by atoms with Crippen molar-refractivity contribution >= 4 is 5.91 Å². The Labute approximate surface area is 159 Å². The first-order valence-corrected chi connectivity index (χ1v) is 9.15. The highest BCUT2D eigenvalue weighted by Crippen LogP contribution is 2.25. The molecule has 0 spiro atoms. The Bertz CT molecular complexity index is 726. The average molecular weight is 371 g/mol. The summed E-state index contributed by atoms with van der Waals surface area (Å²) >= 11 is 0. The van der Waals surface area contributed by atoms with Gasteiger partial charge in [0.25, 0.3) is 5.91 Å². The predicted octanol–water partition coefficient (Wildman–Crippen LogP) is 3.06. The lowest BCUT2D eigenvalue weighted by molar-refractivity contribution is 0.0679. The molecule has 1 aliphatic heterocycles. The van der Waals surface area contributed by atoms with Crippen LogP contribution in [0.4, 0.5) is 0 Å². The van der Waals surface area contributed by atoms with Crippen molar-refractivity contribution in [2.45, 2.75) is 18.9 Å². The molecule has 6 nitrogen and oxygen atoms in total. The third kappa shape index (κ3) is 5.62. The topological polar surface area (TPSA) is 66.0 Å². The monoisotopic (exact) mass is 371 g/mol. The summed E-state index contributed by atoms with van der Waals surface area (Å²) in [5.74, 6) is 1.91. The molecular formula is C21H25NO5. The van der Waals surface area contributed by atoms with Crippen molar-refractivity contribution in [1.29, 1.82) is 0 Å². The van der Waals surface area contributed by atoms with E-state index in [1.54, 1.807) is 31.4 Å². The molecule has 2 aromatic carbocycles. The first-order valence-electron chi connectivity index (χ1n) is 9.15. The molecule has 0 aliphatic carbocycles. The molecule has 2 aromatic rings. The number of benzene rings is 2. The number of carbonyl (C=O) groups is 1. The van der Waals surface area contributed by atoms with Gasteiger partial charge in [0.2, 0.25) is 0 Å². The first kappa shape index (κ1) is 19.0. The zero-order valence-electron chi connectivity index (χ0n) is 15.5. The zero-order chi connectivity index (χ0) is 18.9. The van der Waals surface area contributed by atoms with Crippen molar-refractivity contribution in [3.05, 3.63) is 54.1 Å². The van der Waals surface area contributed by atoms with Crippen LogP contribution in [0.1, 0.15) is 23.2 Å². The molecule has 1 atom stereocenters. The minimum absolute atomic E-state index is 0.149. The van der Waals surface area contributed by atoms with Gasteiger partial charge in [0.15, 0.2) is 11.5 Å². The molecule has 3 rings (SSSR count). The van der Waals surface area contributed by atoms with Crippen LogP contribution in [0.3, 0.4) is 0 Å². The van der Waals surface area contributed by atoms with Gasteiger partial charge in [0.05, 0.1) is 19.8 Å². The summed E-state index contributed by atoms with van der Waals surface area (Å²) in [7, 11) is 1.60. The second-order valence-corrected chi connectivity index (χ2v) is 6.23. The van der Waals surface area contributed by atoms with Crippen molar-refractivity contribution in [2.24, 2.45) is 0 Å². The number of hydrogen-bond donors (Lipinski definition) is 1. The maximum Gasteiger partial charge on any atom is 0.251 e. The van der Waals surface area contributed by atoms with E-state index >= 15 is 0 Å². The maximum absolute atomic E-state index is 12.2. The molecule has 0 radical (unpaired) electrons. The first-order chi connectivity index (χ1) is 13.3. The van der Waals surface area contributed by atoms with Gasteiger partial charge >= 0.3 is 0 Å². The molecule has 1 unspecified atom stereocenters. The summed E-state index contributed by atoms with van der Waals surface area (Å²) < 4.78 is 22.1. The Balaban J connectivity index is 1.40. The molecule has 1 fully saturated rings. The highest BCUT2D eigenvalue weighted by atomic mass is 16.5. The minimum atomic E-state index is -0.149. The highest BCUT2D eigenvalue weighted by Gasteiger charge is 2.16. The van der Waals surface area contributed by atoms with Gasteiger partial charge in [0.1, 0.15) is 19.0 Å². The number of amides is 1. The number of nitrogens with one attached hydrogen (secondary N) is 1. The summed E-state index contributed by atoms with van der Waals surface area (Å²) in [6.45, 7) is 2.11. The summed E-state index contributed by atoms with van der Waals surface area (Å²) in [5.41, 5.74) is 0.580. The summed E-state index contributed by atoms with van der Waals surface area (Å²) in [5, 5.41) is 2.84. The fourth-order valence-corrected chi connectivity index (χ4v) is 2.83. The van der Waals surface area contributed by atoms with Crippen molar-refractivity contribution in [3.63, 3.8) is 0 Å². The third-order valence-electron chi connectivity index (χ3n) is 4.29. The molecule has 1 saturated heterocycles. The van der Waals surface area contributed by atoms with Crippen molar-refractivity contribution < 1.29 is 23.7 Å². The Morgan fingerprint density at radius 3 is 2.59 bits per heavy atom. The Hall–Kier alpha value is -2.73. The Morgan fingerprint density at radius 2 is 1.89 bits per heavy atom. The van der Waals surface area contributed by atoms with Crippen LogP contribution in [0.2, 0.25) is 0 Å². The quantitative estimate of drug-likeness (QED) is 0.686. The fourth-order valence-electron chi connectivity index (χ4n) is 2.83. The minimum Gasteiger partial charge on any atom is -0.493 e. The second kappa shape index (κ2) is 9.83. The van der Waals surface area contributed by atoms with Gasteiger partial charge in [-0.25, -0.2) is 0 Å². The van der Waals surface area contributed by atoms with E-state index in [0.29, 0.717) is 36.8 Å². The lowest BCUT2D eigenvalue weighted by atomic mass is 10.2. The lowest BCUT2D eigenvalue weighted by Gasteiger charge is -2.12. The van der Waals surface area contributed by atoms with E-state index in [-0.39, 0.29) is 12.0 Å². The smallest absolute Gasteiger partial charge is 0.251 e. The van der Waals surface area contributed by atoms with Gasteiger partial charge < -0.3 is 24.3 Å². The molecule has 27 heavy (non-hydrogen) atoms. The number of hydrogen-bond acceptors (Lipinski definition) is 5. The molecule has 6 heteroatoms. The van der Waals surface area contributed by atoms with E-state index < -0.39 is 0 Å². The highest BCUT2D eigenvalue weighted by molar-refractivity contribution is 5.94. The molecule has 1 heterocycles. The third-order valence-corrected chi connectivity index (χ3v) is 4.29. The largest absolute Gasteiger partial charge is 0.493 e. The van der Waals surface area contributed by atoms with Crippen LogP contribution >= 0.6 is 0 Å². The number of carbonyl (C=O) groups excluding carboxylic acids is 1. The van der Waals surface area contributed by atoms with Crippen LogP contribution in [0, 0.1) is 0 Å². The number of rotatable bonds is 9.